The van der Waals surface area contributed by atoms with E-state index in [4.69, 9.17) is 0 Å². The van der Waals surface area contributed by atoms with Gasteiger partial charge in [0.2, 0.25) is 0 Å². The molecule has 0 aliphatic rings. The molecule has 3 nitrogen and oxygen atoms in total. The van der Waals surface area contributed by atoms with E-state index in [1.54, 1.807) is 17.4 Å². The molecule has 0 radical (unpaired) electrons. The van der Waals surface area contributed by atoms with Crippen LogP contribution in [0.15, 0.2) is 48.7 Å². The van der Waals surface area contributed by atoms with Crippen LogP contribution in [0.25, 0.3) is 10.1 Å². The molecule has 5 heteroatoms. The Morgan fingerprint density at radius 1 is 1.27 bits per heavy atom. The Bertz CT molecular complexity index is 724. The minimum absolute atomic E-state index is 0.0513. The molecule has 2 N–H and O–H groups in total. The van der Waals surface area contributed by atoms with Crippen LogP contribution in [0.2, 0.25) is 0 Å². The summed E-state index contributed by atoms with van der Waals surface area (Å²) in [4.78, 5) is 4.99. The van der Waals surface area contributed by atoms with Crippen LogP contribution in [0.4, 0.5) is 4.39 Å². The molecule has 0 amide bonds. The number of aliphatic hydroxyl groups excluding tert-OH is 1. The Labute approximate surface area is 132 Å². The van der Waals surface area contributed by atoms with Crippen molar-refractivity contribution in [2.45, 2.75) is 19.1 Å². The SMILES string of the molecule is CC(NCC(O)c1cc2ccccc2s1)c1ccc(F)cn1. The van der Waals surface area contributed by atoms with Crippen LogP contribution in [0.5, 0.6) is 0 Å². The Kier molecular flexibility index (Phi) is 4.47. The summed E-state index contributed by atoms with van der Waals surface area (Å²) in [7, 11) is 0. The third-order valence-corrected chi connectivity index (χ3v) is 4.80. The Morgan fingerprint density at radius 2 is 2.09 bits per heavy atom. The summed E-state index contributed by atoms with van der Waals surface area (Å²) in [5.74, 6) is -0.346. The lowest BCUT2D eigenvalue weighted by atomic mass is 10.2. The van der Waals surface area contributed by atoms with Gasteiger partial charge in [-0.15, -0.1) is 11.3 Å². The van der Waals surface area contributed by atoms with E-state index in [0.717, 1.165) is 16.0 Å². The van der Waals surface area contributed by atoms with Gasteiger partial charge in [-0.2, -0.15) is 0 Å². The number of pyridine rings is 1. The Balaban J connectivity index is 1.64. The molecule has 0 saturated carbocycles. The summed E-state index contributed by atoms with van der Waals surface area (Å²) in [5.41, 5.74) is 0.755. The second kappa shape index (κ2) is 6.52. The normalized spacial score (nSPS) is 14.1. The highest BCUT2D eigenvalue weighted by Crippen LogP contribution is 2.29. The fourth-order valence-corrected chi connectivity index (χ4v) is 3.35. The smallest absolute Gasteiger partial charge is 0.141 e. The minimum atomic E-state index is -0.569. The second-order valence-corrected chi connectivity index (χ2v) is 6.35. The summed E-state index contributed by atoms with van der Waals surface area (Å²) in [6.45, 7) is 2.37. The largest absolute Gasteiger partial charge is 0.386 e. The molecule has 3 aromatic rings. The molecule has 1 aromatic carbocycles. The van der Waals surface area contributed by atoms with Crippen molar-refractivity contribution in [1.82, 2.24) is 10.3 Å². The van der Waals surface area contributed by atoms with Crippen molar-refractivity contribution >= 4 is 21.4 Å². The number of rotatable bonds is 5. The molecule has 114 valence electrons. The number of hydrogen-bond acceptors (Lipinski definition) is 4. The maximum atomic E-state index is 12.9. The molecule has 0 bridgehead atoms. The maximum Gasteiger partial charge on any atom is 0.141 e. The first-order chi connectivity index (χ1) is 10.6. The van der Waals surface area contributed by atoms with Crippen molar-refractivity contribution in [3.8, 4) is 0 Å². The molecule has 0 fully saturated rings. The number of benzene rings is 1. The molecule has 2 aromatic heterocycles. The molecule has 2 unspecified atom stereocenters. The lowest BCUT2D eigenvalue weighted by Gasteiger charge is -2.16. The zero-order valence-electron chi connectivity index (χ0n) is 12.2. The predicted octanol–water partition coefficient (Wildman–Crippen LogP) is 3.82. The van der Waals surface area contributed by atoms with E-state index in [1.807, 2.05) is 31.2 Å². The van der Waals surface area contributed by atoms with Gasteiger partial charge in [0.25, 0.3) is 0 Å². The van der Waals surface area contributed by atoms with Crippen molar-refractivity contribution in [3.05, 3.63) is 65.0 Å². The fourth-order valence-electron chi connectivity index (χ4n) is 2.30. The Hall–Kier alpha value is -1.82. The van der Waals surface area contributed by atoms with Gasteiger partial charge < -0.3 is 10.4 Å². The maximum absolute atomic E-state index is 12.9. The van der Waals surface area contributed by atoms with Gasteiger partial charge in [-0.05, 0) is 36.6 Å². The lowest BCUT2D eigenvalue weighted by molar-refractivity contribution is 0.174. The van der Waals surface area contributed by atoms with Crippen LogP contribution < -0.4 is 5.32 Å². The summed E-state index contributed by atoms with van der Waals surface area (Å²) < 4.78 is 14.0. The summed E-state index contributed by atoms with van der Waals surface area (Å²) >= 11 is 1.60. The molecule has 2 atom stereocenters. The topological polar surface area (TPSA) is 45.1 Å². The zero-order chi connectivity index (χ0) is 15.5. The predicted molar refractivity (Wildman–Crippen MR) is 87.4 cm³/mol. The molecule has 0 aliphatic carbocycles. The number of fused-ring (bicyclic) bond motifs is 1. The number of halogens is 1. The highest BCUT2D eigenvalue weighted by molar-refractivity contribution is 7.19. The average Bonchev–Trinajstić information content (AvgIpc) is 2.97. The molecular weight excluding hydrogens is 299 g/mol. The van der Waals surface area contributed by atoms with Crippen LogP contribution in [0, 0.1) is 5.82 Å². The van der Waals surface area contributed by atoms with E-state index in [-0.39, 0.29) is 11.9 Å². The lowest BCUT2D eigenvalue weighted by Crippen LogP contribution is -2.24. The molecule has 22 heavy (non-hydrogen) atoms. The number of hydrogen-bond donors (Lipinski definition) is 2. The molecule has 2 heterocycles. The number of nitrogens with one attached hydrogen (secondary N) is 1. The zero-order valence-corrected chi connectivity index (χ0v) is 13.0. The molecular formula is C17H17FN2OS. The van der Waals surface area contributed by atoms with Gasteiger partial charge in [0.15, 0.2) is 0 Å². The molecule has 3 rings (SSSR count). The number of aromatic nitrogens is 1. The third kappa shape index (κ3) is 3.32. The van der Waals surface area contributed by atoms with Crippen LogP contribution in [-0.2, 0) is 0 Å². The molecule has 0 aliphatic heterocycles. The molecule has 0 saturated heterocycles. The van der Waals surface area contributed by atoms with Crippen molar-refractivity contribution in [2.24, 2.45) is 0 Å². The highest BCUT2D eigenvalue weighted by atomic mass is 32.1. The number of aliphatic hydroxyl groups is 1. The first-order valence-electron chi connectivity index (χ1n) is 7.15. The first-order valence-corrected chi connectivity index (χ1v) is 7.96. The van der Waals surface area contributed by atoms with Crippen molar-refractivity contribution in [1.29, 1.82) is 0 Å². The van der Waals surface area contributed by atoms with Crippen LogP contribution in [0.1, 0.15) is 29.6 Å². The Morgan fingerprint density at radius 3 is 2.82 bits per heavy atom. The van der Waals surface area contributed by atoms with Gasteiger partial charge in [0, 0.05) is 22.2 Å². The fraction of sp³-hybridized carbons (Fsp3) is 0.235. The van der Waals surface area contributed by atoms with Crippen LogP contribution in [0.3, 0.4) is 0 Å². The van der Waals surface area contributed by atoms with E-state index in [9.17, 15) is 9.50 Å². The highest BCUT2D eigenvalue weighted by Gasteiger charge is 2.14. The third-order valence-electron chi connectivity index (χ3n) is 3.58. The van der Waals surface area contributed by atoms with Crippen LogP contribution >= 0.6 is 11.3 Å². The van der Waals surface area contributed by atoms with Crippen molar-refractivity contribution in [2.75, 3.05) is 6.54 Å². The number of thiophene rings is 1. The van der Waals surface area contributed by atoms with Gasteiger partial charge >= 0.3 is 0 Å². The quantitative estimate of drug-likeness (QED) is 0.752. The second-order valence-electron chi connectivity index (χ2n) is 5.23. The van der Waals surface area contributed by atoms with E-state index < -0.39 is 6.10 Å². The number of nitrogens with zero attached hydrogens (tertiary/aromatic N) is 1. The van der Waals surface area contributed by atoms with Gasteiger partial charge in [-0.25, -0.2) is 4.39 Å². The van der Waals surface area contributed by atoms with E-state index >= 15 is 0 Å². The first kappa shape index (κ1) is 15.1. The monoisotopic (exact) mass is 316 g/mol. The summed E-state index contributed by atoms with van der Waals surface area (Å²) in [5, 5.41) is 14.7. The molecule has 0 spiro atoms. The minimum Gasteiger partial charge on any atom is -0.386 e. The van der Waals surface area contributed by atoms with Gasteiger partial charge in [0.05, 0.1) is 11.9 Å². The summed E-state index contributed by atoms with van der Waals surface area (Å²) in [6, 6.07) is 13.1. The van der Waals surface area contributed by atoms with Gasteiger partial charge in [0.1, 0.15) is 11.9 Å². The van der Waals surface area contributed by atoms with Gasteiger partial charge in [-0.3, -0.25) is 4.98 Å². The standard InChI is InChI=1S/C17H17FN2OS/c1-11(14-7-6-13(18)9-20-14)19-10-15(21)17-8-12-4-2-3-5-16(12)22-17/h2-9,11,15,19,21H,10H2,1H3. The van der Waals surface area contributed by atoms with E-state index in [1.165, 1.54) is 17.0 Å². The van der Waals surface area contributed by atoms with E-state index in [0.29, 0.717) is 6.54 Å². The van der Waals surface area contributed by atoms with Crippen molar-refractivity contribution < 1.29 is 9.50 Å². The van der Waals surface area contributed by atoms with Crippen LogP contribution in [-0.4, -0.2) is 16.6 Å². The summed E-state index contributed by atoms with van der Waals surface area (Å²) in [6.07, 6.45) is 0.635. The van der Waals surface area contributed by atoms with Crippen molar-refractivity contribution in [3.63, 3.8) is 0 Å². The van der Waals surface area contributed by atoms with Gasteiger partial charge in [-0.1, -0.05) is 18.2 Å². The average molecular weight is 316 g/mol. The van der Waals surface area contributed by atoms with E-state index in [2.05, 4.69) is 16.4 Å².